The van der Waals surface area contributed by atoms with Gasteiger partial charge in [-0.1, -0.05) is 62.4 Å². The number of aliphatic hydroxyl groups is 3. The van der Waals surface area contributed by atoms with Crippen molar-refractivity contribution in [2.45, 2.75) is 128 Å². The van der Waals surface area contributed by atoms with Gasteiger partial charge in [-0.15, -0.1) is 0 Å². The Kier molecular flexibility index (Phi) is 12.6. The van der Waals surface area contributed by atoms with Crippen LogP contribution in [0.1, 0.15) is 90.2 Å². The second-order valence-electron chi connectivity index (χ2n) is 18.2. The first-order valence-electron chi connectivity index (χ1n) is 20.5. The highest BCUT2D eigenvalue weighted by atomic mass is 16.6. The van der Waals surface area contributed by atoms with Crippen molar-refractivity contribution < 1.29 is 72.5 Å². The summed E-state index contributed by atoms with van der Waals surface area (Å²) in [5.41, 5.74) is -2.89. The Balaban J connectivity index is 1.53. The molecule has 1 saturated heterocycles. The molecule has 0 aromatic heterocycles. The third kappa shape index (κ3) is 8.00. The summed E-state index contributed by atoms with van der Waals surface area (Å²) >= 11 is 0. The average molecular weight is 865 g/mol. The molecule has 2 aromatic rings. The van der Waals surface area contributed by atoms with Crippen LogP contribution in [0.5, 0.6) is 0 Å². The van der Waals surface area contributed by atoms with E-state index < -0.39 is 125 Å². The molecule has 17 nitrogen and oxygen atoms in total. The van der Waals surface area contributed by atoms with Crippen LogP contribution in [0.15, 0.2) is 71.8 Å². The minimum Gasteiger partial charge on any atom is -0.455 e. The number of nitrogens with one attached hydrogen (secondary N) is 1. The van der Waals surface area contributed by atoms with E-state index >= 15 is 4.79 Å². The van der Waals surface area contributed by atoms with Crippen LogP contribution in [0.4, 0.5) is 4.79 Å². The lowest BCUT2D eigenvalue weighted by atomic mass is 9.44. The highest BCUT2D eigenvalue weighted by Gasteiger charge is 2.78. The molecule has 336 valence electrons. The van der Waals surface area contributed by atoms with E-state index in [2.05, 4.69) is 5.32 Å². The lowest BCUT2D eigenvalue weighted by Gasteiger charge is -2.67. The van der Waals surface area contributed by atoms with E-state index in [1.807, 2.05) is 0 Å². The van der Waals surface area contributed by atoms with Crippen molar-refractivity contribution in [1.29, 1.82) is 0 Å². The number of hydrogen-bond acceptors (Lipinski definition) is 16. The van der Waals surface area contributed by atoms with Crippen LogP contribution in [0.3, 0.4) is 0 Å². The van der Waals surface area contributed by atoms with Crippen molar-refractivity contribution in [3.8, 4) is 0 Å². The Morgan fingerprint density at radius 3 is 2.13 bits per heavy atom. The predicted octanol–water partition coefficient (Wildman–Crippen LogP) is 2.77. The number of amides is 1. The van der Waals surface area contributed by atoms with Crippen molar-refractivity contribution in [2.24, 2.45) is 22.5 Å². The van der Waals surface area contributed by atoms with Gasteiger partial charge < -0.3 is 54.8 Å². The van der Waals surface area contributed by atoms with E-state index in [4.69, 9.17) is 34.2 Å². The van der Waals surface area contributed by atoms with Gasteiger partial charge in [0.1, 0.15) is 41.7 Å². The third-order valence-corrected chi connectivity index (χ3v) is 13.0. The lowest BCUT2D eigenvalue weighted by Crippen LogP contribution is -2.81. The standard InChI is InChI=1S/C45H56N2O15/c1-23-27(58-39(54)34(59-30(50)21-46)32(25-15-11-9-12-16-25)47-40(55)62-41(3,4)5)20-45(56)37(60-38(53)26-17-13-10-14-18-26)35-43(8,36(52)33(51)31(23)42(45,6)7)28(49)19-29-44(35,22-57-29)61-24(2)48/h9-18,27-29,32-35,37,49,51,56H,19-22,46H2,1-8H3,(H,47,55)/t27-,28-,29+,32-,33+,34+,35?,37?,43+,44-,45+/m0/s1. The number of aliphatic hydroxyl groups excluding tert-OH is 2. The number of Topliss-reactive ketones (excluding diaryl/α,β-unsaturated/α-hetero) is 1. The zero-order valence-corrected chi connectivity index (χ0v) is 36.0. The molecule has 4 aliphatic rings. The minimum atomic E-state index is -2.41. The number of benzene rings is 2. The van der Waals surface area contributed by atoms with Crippen LogP contribution in [-0.4, -0.2) is 118 Å². The molecule has 62 heavy (non-hydrogen) atoms. The zero-order chi connectivity index (χ0) is 45.7. The summed E-state index contributed by atoms with van der Waals surface area (Å²) in [6.07, 6.45) is -11.7. The van der Waals surface area contributed by atoms with Gasteiger partial charge >= 0.3 is 30.0 Å². The molecule has 0 radical (unpaired) electrons. The van der Waals surface area contributed by atoms with Gasteiger partial charge in [-0.25, -0.2) is 14.4 Å². The molecular weight excluding hydrogens is 808 g/mol. The molecule has 2 aromatic carbocycles. The lowest BCUT2D eigenvalue weighted by molar-refractivity contribution is -0.346. The summed E-state index contributed by atoms with van der Waals surface area (Å²) < 4.78 is 35.4. The highest BCUT2D eigenvalue weighted by molar-refractivity contribution is 5.94. The maximum Gasteiger partial charge on any atom is 0.408 e. The van der Waals surface area contributed by atoms with Gasteiger partial charge in [0.15, 0.2) is 11.4 Å². The van der Waals surface area contributed by atoms with Crippen LogP contribution in [0.2, 0.25) is 0 Å². The Morgan fingerprint density at radius 1 is 0.968 bits per heavy atom. The molecule has 2 saturated carbocycles. The summed E-state index contributed by atoms with van der Waals surface area (Å²) in [6, 6.07) is 14.4. The normalized spacial score (nSPS) is 32.2. The van der Waals surface area contributed by atoms with E-state index in [1.165, 1.54) is 39.8 Å². The number of hydrogen-bond donors (Lipinski definition) is 5. The Morgan fingerprint density at radius 2 is 1.58 bits per heavy atom. The predicted molar refractivity (Wildman–Crippen MR) is 217 cm³/mol. The van der Waals surface area contributed by atoms with Crippen molar-refractivity contribution in [1.82, 2.24) is 5.32 Å². The first-order chi connectivity index (χ1) is 28.9. The van der Waals surface area contributed by atoms with Crippen LogP contribution >= 0.6 is 0 Å². The third-order valence-electron chi connectivity index (χ3n) is 13.0. The number of carbonyl (C=O) groups is 6. The first kappa shape index (κ1) is 46.3. The second-order valence-corrected chi connectivity index (χ2v) is 18.2. The highest BCUT2D eigenvalue weighted by Crippen LogP contribution is 2.64. The Hall–Kier alpha value is -5.20. The number of alkyl carbamates (subject to hydrolysis) is 1. The quantitative estimate of drug-likeness (QED) is 0.131. The Bertz CT molecular complexity index is 2120. The SMILES string of the molecule is CC(=O)O[C@@]12CO[C@@H]1C[C@H](O)[C@@]1(C)C(=O)[C@H](O)C3=C(C)[C@@H](OC(=O)[C@H](OC(=O)CN)[C@@H](NC(=O)OC(C)(C)C)c4ccccc4)C[C@@](O)(C(OC(=O)c4ccccc4)C12)C3(C)C. The molecule has 0 spiro atoms. The zero-order valence-electron chi connectivity index (χ0n) is 36.0. The molecule has 2 bridgehead atoms. The van der Waals surface area contributed by atoms with E-state index in [1.54, 1.807) is 69.3 Å². The van der Waals surface area contributed by atoms with E-state index in [-0.39, 0.29) is 29.7 Å². The number of ketones is 1. The maximum absolute atomic E-state index is 15.1. The largest absolute Gasteiger partial charge is 0.455 e. The summed E-state index contributed by atoms with van der Waals surface area (Å²) in [7, 11) is 0. The van der Waals surface area contributed by atoms with Crippen LogP contribution in [0, 0.1) is 16.7 Å². The fourth-order valence-corrected chi connectivity index (χ4v) is 9.85. The van der Waals surface area contributed by atoms with Crippen molar-refractivity contribution in [3.63, 3.8) is 0 Å². The number of carbonyl (C=O) groups excluding carboxylic acids is 6. The van der Waals surface area contributed by atoms with Gasteiger partial charge in [0.05, 0.1) is 36.2 Å². The van der Waals surface area contributed by atoms with Gasteiger partial charge in [0.2, 0.25) is 6.10 Å². The monoisotopic (exact) mass is 864 g/mol. The van der Waals surface area contributed by atoms with Crippen molar-refractivity contribution >= 4 is 35.8 Å². The Labute approximate surface area is 359 Å². The fraction of sp³-hybridized carbons (Fsp3) is 0.556. The molecule has 17 heteroatoms. The van der Waals surface area contributed by atoms with Gasteiger partial charge in [-0.2, -0.15) is 0 Å². The molecule has 2 unspecified atom stereocenters. The number of fused-ring (bicyclic) bond motifs is 5. The molecule has 1 heterocycles. The molecule has 1 amide bonds. The van der Waals surface area contributed by atoms with Gasteiger partial charge in [0.25, 0.3) is 0 Å². The molecule has 11 atom stereocenters. The second kappa shape index (κ2) is 16.8. The molecular formula is C45H56N2O15. The van der Waals surface area contributed by atoms with Crippen molar-refractivity contribution in [2.75, 3.05) is 13.2 Å². The van der Waals surface area contributed by atoms with Gasteiger partial charge in [0, 0.05) is 25.2 Å². The topological polar surface area (TPSA) is 257 Å². The fourth-order valence-electron chi connectivity index (χ4n) is 9.85. The average Bonchev–Trinajstić information content (AvgIpc) is 3.20. The van der Waals surface area contributed by atoms with Crippen LogP contribution in [-0.2, 0) is 47.6 Å². The van der Waals surface area contributed by atoms with Crippen LogP contribution in [0.25, 0.3) is 0 Å². The number of rotatable bonds is 10. The molecule has 6 rings (SSSR count). The van der Waals surface area contributed by atoms with E-state index in [9.17, 15) is 39.3 Å². The van der Waals surface area contributed by atoms with Crippen LogP contribution < -0.4 is 11.1 Å². The summed E-state index contributed by atoms with van der Waals surface area (Å²) in [5, 5.41) is 40.4. The smallest absolute Gasteiger partial charge is 0.408 e. The van der Waals surface area contributed by atoms with Gasteiger partial charge in [-0.3, -0.25) is 14.4 Å². The van der Waals surface area contributed by atoms with Gasteiger partial charge in [-0.05, 0) is 63.5 Å². The first-order valence-corrected chi connectivity index (χ1v) is 20.5. The van der Waals surface area contributed by atoms with Crippen molar-refractivity contribution in [3.05, 3.63) is 82.9 Å². The number of nitrogens with two attached hydrogens (primary N) is 1. The van der Waals surface area contributed by atoms with E-state index in [0.717, 1.165) is 6.92 Å². The molecule has 6 N–H and O–H groups in total. The molecule has 3 fully saturated rings. The molecule has 3 aliphatic carbocycles. The molecule has 1 aliphatic heterocycles. The number of ether oxygens (including phenoxy) is 6. The summed E-state index contributed by atoms with van der Waals surface area (Å²) in [4.78, 5) is 83.0. The summed E-state index contributed by atoms with van der Waals surface area (Å²) in [6.45, 7) is 11.0. The summed E-state index contributed by atoms with van der Waals surface area (Å²) in [5.74, 6) is -6.51. The number of esters is 4. The minimum absolute atomic E-state index is 0.0584. The van der Waals surface area contributed by atoms with E-state index in [0.29, 0.717) is 5.56 Å². The maximum atomic E-state index is 15.1.